The van der Waals surface area contributed by atoms with Crippen LogP contribution in [0, 0.1) is 0 Å². The number of nitrogens with two attached hydrogens (primary N) is 1. The zero-order valence-electron chi connectivity index (χ0n) is 6.89. The average Bonchev–Trinajstić information content (AvgIpc) is 1.91. The summed E-state index contributed by atoms with van der Waals surface area (Å²) >= 11 is 0. The lowest BCUT2D eigenvalue weighted by Gasteiger charge is -2.09. The normalized spacial score (nSPS) is 15.3. The Morgan fingerprint density at radius 2 is 1.78 bits per heavy atom. The predicted octanol–water partition coefficient (Wildman–Crippen LogP) is 1.13. The van der Waals surface area contributed by atoms with E-state index in [0.29, 0.717) is 0 Å². The maximum absolute atomic E-state index is 8.70. The van der Waals surface area contributed by atoms with Gasteiger partial charge in [0.2, 0.25) is 0 Å². The molecule has 0 aliphatic rings. The molecule has 0 radical (unpaired) electrons. The molecule has 0 aliphatic carbocycles. The number of aliphatic hydroxyl groups is 1. The molecule has 58 valence electrons. The van der Waals surface area contributed by atoms with Gasteiger partial charge in [-0.15, -0.1) is 0 Å². The fourth-order valence-corrected chi connectivity index (χ4v) is 0.341. The fourth-order valence-electron chi connectivity index (χ4n) is 0.341. The zero-order valence-corrected chi connectivity index (χ0v) is 6.89. The summed E-state index contributed by atoms with van der Waals surface area (Å²) < 4.78 is 0. The van der Waals surface area contributed by atoms with Crippen LogP contribution in [0.3, 0.4) is 0 Å². The molecule has 2 nitrogen and oxygen atoms in total. The lowest BCUT2D eigenvalue weighted by atomic mass is 10.1. The Balaban J connectivity index is 0. The van der Waals surface area contributed by atoms with Gasteiger partial charge in [0, 0.05) is 6.04 Å². The van der Waals surface area contributed by atoms with Crippen LogP contribution in [0.15, 0.2) is 0 Å². The Bertz CT molecular complexity index is 46.2. The summed E-state index contributed by atoms with van der Waals surface area (Å²) in [5.41, 5.74) is 5.37. The highest BCUT2D eigenvalue weighted by Gasteiger charge is 2.03. The molecule has 2 unspecified atom stereocenters. The van der Waals surface area contributed by atoms with Crippen molar-refractivity contribution >= 4 is 0 Å². The van der Waals surface area contributed by atoms with Gasteiger partial charge in [-0.2, -0.15) is 0 Å². The second kappa shape index (κ2) is 7.92. The van der Waals surface area contributed by atoms with Crippen molar-refractivity contribution in [2.24, 2.45) is 5.73 Å². The van der Waals surface area contributed by atoms with Crippen molar-refractivity contribution in [3.63, 3.8) is 0 Å². The molecule has 0 spiro atoms. The highest BCUT2D eigenvalue weighted by molar-refractivity contribution is 4.63. The molecule has 0 saturated heterocycles. The van der Waals surface area contributed by atoms with E-state index in [-0.39, 0.29) is 12.1 Å². The molecule has 0 aromatic heterocycles. The molecular weight excluding hydrogens is 114 g/mol. The molecule has 0 heterocycles. The minimum absolute atomic E-state index is 0.0417. The summed E-state index contributed by atoms with van der Waals surface area (Å²) in [7, 11) is 0. The van der Waals surface area contributed by atoms with E-state index >= 15 is 0 Å². The Morgan fingerprint density at radius 1 is 1.44 bits per heavy atom. The molecule has 2 heteroatoms. The van der Waals surface area contributed by atoms with Crippen LogP contribution in [-0.2, 0) is 0 Å². The SMILES string of the molecule is CC.CCC(N)C(C)O. The highest BCUT2D eigenvalue weighted by Crippen LogP contribution is 1.91. The topological polar surface area (TPSA) is 46.2 Å². The third kappa shape index (κ3) is 7.92. The standard InChI is InChI=1S/C5H13NO.C2H6/c1-3-5(6)4(2)7;1-2/h4-5,7H,3,6H2,1-2H3;1-2H3. The Kier molecular flexibility index (Phi) is 10.3. The molecule has 3 N–H and O–H groups in total. The second-order valence-corrected chi connectivity index (χ2v) is 1.81. The van der Waals surface area contributed by atoms with Gasteiger partial charge in [-0.3, -0.25) is 0 Å². The summed E-state index contributed by atoms with van der Waals surface area (Å²) in [6.45, 7) is 7.66. The minimum Gasteiger partial charge on any atom is -0.392 e. The summed E-state index contributed by atoms with van der Waals surface area (Å²) in [5.74, 6) is 0. The van der Waals surface area contributed by atoms with Gasteiger partial charge in [-0.05, 0) is 13.3 Å². The molecule has 0 bridgehead atoms. The molecule has 0 aliphatic heterocycles. The van der Waals surface area contributed by atoms with Crippen molar-refractivity contribution in [2.45, 2.75) is 46.3 Å². The molecule has 0 rings (SSSR count). The number of aliphatic hydroxyl groups excluding tert-OH is 1. The minimum atomic E-state index is -0.356. The van der Waals surface area contributed by atoms with Crippen molar-refractivity contribution in [1.82, 2.24) is 0 Å². The number of hydrogen-bond donors (Lipinski definition) is 2. The first-order chi connectivity index (χ1) is 4.18. The van der Waals surface area contributed by atoms with Crippen LogP contribution in [0.5, 0.6) is 0 Å². The van der Waals surface area contributed by atoms with Gasteiger partial charge < -0.3 is 10.8 Å². The van der Waals surface area contributed by atoms with E-state index in [9.17, 15) is 0 Å². The molecule has 0 saturated carbocycles. The quantitative estimate of drug-likeness (QED) is 0.593. The summed E-state index contributed by atoms with van der Waals surface area (Å²) in [6, 6.07) is -0.0417. The van der Waals surface area contributed by atoms with E-state index in [1.165, 1.54) is 0 Å². The van der Waals surface area contributed by atoms with Crippen LogP contribution in [0.2, 0.25) is 0 Å². The molecule has 0 fully saturated rings. The summed E-state index contributed by atoms with van der Waals surface area (Å²) in [5, 5.41) is 8.70. The van der Waals surface area contributed by atoms with Gasteiger partial charge >= 0.3 is 0 Å². The first kappa shape index (κ1) is 11.7. The lowest BCUT2D eigenvalue weighted by Crippen LogP contribution is -2.31. The van der Waals surface area contributed by atoms with Crippen LogP contribution < -0.4 is 5.73 Å². The first-order valence-electron chi connectivity index (χ1n) is 3.62. The zero-order chi connectivity index (χ0) is 7.86. The first-order valence-corrected chi connectivity index (χ1v) is 3.62. The van der Waals surface area contributed by atoms with Crippen molar-refractivity contribution in [2.75, 3.05) is 0 Å². The molecule has 9 heavy (non-hydrogen) atoms. The molecule has 2 atom stereocenters. The van der Waals surface area contributed by atoms with Gasteiger partial charge in [0.25, 0.3) is 0 Å². The van der Waals surface area contributed by atoms with E-state index in [2.05, 4.69) is 0 Å². The van der Waals surface area contributed by atoms with Crippen molar-refractivity contribution < 1.29 is 5.11 Å². The number of hydrogen-bond acceptors (Lipinski definition) is 2. The molecule has 0 aromatic carbocycles. The monoisotopic (exact) mass is 133 g/mol. The van der Waals surface area contributed by atoms with Crippen molar-refractivity contribution in [3.8, 4) is 0 Å². The van der Waals surface area contributed by atoms with Gasteiger partial charge in [-0.1, -0.05) is 20.8 Å². The van der Waals surface area contributed by atoms with Gasteiger partial charge in [0.15, 0.2) is 0 Å². The Morgan fingerprint density at radius 3 is 1.78 bits per heavy atom. The smallest absolute Gasteiger partial charge is 0.0662 e. The Labute approximate surface area is 58.1 Å². The maximum Gasteiger partial charge on any atom is 0.0662 e. The van der Waals surface area contributed by atoms with Crippen LogP contribution in [0.4, 0.5) is 0 Å². The molecular formula is C7H19NO. The van der Waals surface area contributed by atoms with Gasteiger partial charge in [-0.25, -0.2) is 0 Å². The largest absolute Gasteiger partial charge is 0.392 e. The van der Waals surface area contributed by atoms with E-state index in [4.69, 9.17) is 10.8 Å². The number of rotatable bonds is 2. The fraction of sp³-hybridized carbons (Fsp3) is 1.00. The summed E-state index contributed by atoms with van der Waals surface area (Å²) in [6.07, 6.45) is 0.488. The molecule has 0 amide bonds. The van der Waals surface area contributed by atoms with Crippen LogP contribution in [-0.4, -0.2) is 17.3 Å². The average molecular weight is 133 g/mol. The lowest BCUT2D eigenvalue weighted by molar-refractivity contribution is 0.161. The maximum atomic E-state index is 8.70. The second-order valence-electron chi connectivity index (χ2n) is 1.81. The Hall–Kier alpha value is -0.0800. The van der Waals surface area contributed by atoms with E-state index in [1.807, 2.05) is 20.8 Å². The third-order valence-electron chi connectivity index (χ3n) is 1.09. The van der Waals surface area contributed by atoms with Gasteiger partial charge in [0.05, 0.1) is 6.10 Å². The van der Waals surface area contributed by atoms with E-state index < -0.39 is 0 Å². The van der Waals surface area contributed by atoms with Crippen LogP contribution in [0.1, 0.15) is 34.1 Å². The van der Waals surface area contributed by atoms with Crippen LogP contribution >= 0.6 is 0 Å². The van der Waals surface area contributed by atoms with Crippen molar-refractivity contribution in [3.05, 3.63) is 0 Å². The van der Waals surface area contributed by atoms with E-state index in [1.54, 1.807) is 6.92 Å². The highest BCUT2D eigenvalue weighted by atomic mass is 16.3. The summed E-state index contributed by atoms with van der Waals surface area (Å²) in [4.78, 5) is 0. The van der Waals surface area contributed by atoms with Crippen molar-refractivity contribution in [1.29, 1.82) is 0 Å². The predicted molar refractivity (Wildman–Crippen MR) is 41.3 cm³/mol. The third-order valence-corrected chi connectivity index (χ3v) is 1.09. The van der Waals surface area contributed by atoms with Gasteiger partial charge in [0.1, 0.15) is 0 Å². The molecule has 0 aromatic rings. The van der Waals surface area contributed by atoms with Crippen LogP contribution in [0.25, 0.3) is 0 Å². The van der Waals surface area contributed by atoms with E-state index in [0.717, 1.165) is 6.42 Å².